The Morgan fingerprint density at radius 1 is 1.15 bits per heavy atom. The van der Waals surface area contributed by atoms with Crippen LogP contribution >= 0.6 is 0 Å². The Balaban J connectivity index is 1.55. The van der Waals surface area contributed by atoms with Gasteiger partial charge in [0.15, 0.2) is 5.03 Å². The van der Waals surface area contributed by atoms with E-state index in [1.54, 1.807) is 12.1 Å². The highest BCUT2D eigenvalue weighted by Crippen LogP contribution is 2.58. The predicted octanol–water partition coefficient (Wildman–Crippen LogP) is 4.79. The van der Waals surface area contributed by atoms with E-state index in [0.717, 1.165) is 19.3 Å². The molecule has 0 radical (unpaired) electrons. The molecular weight excluding hydrogens is 533 g/mol. The van der Waals surface area contributed by atoms with Crippen LogP contribution in [0.4, 0.5) is 16.0 Å². The molecule has 2 fully saturated rings. The number of nitrogen functional groups attached to an aromatic ring is 1. The van der Waals surface area contributed by atoms with Gasteiger partial charge in [-0.2, -0.15) is 8.42 Å². The van der Waals surface area contributed by atoms with Crippen LogP contribution in [0.5, 0.6) is 5.75 Å². The lowest BCUT2D eigenvalue weighted by molar-refractivity contribution is 0.0981. The van der Waals surface area contributed by atoms with Gasteiger partial charge in [-0.05, 0) is 80.8 Å². The van der Waals surface area contributed by atoms with Gasteiger partial charge in [-0.25, -0.2) is 19.1 Å². The van der Waals surface area contributed by atoms with Crippen LogP contribution in [0.1, 0.15) is 57.3 Å². The molecule has 1 aliphatic carbocycles. The van der Waals surface area contributed by atoms with Gasteiger partial charge in [0.05, 0.1) is 17.9 Å². The minimum atomic E-state index is -4.30. The number of ether oxygens (including phenoxy) is 1. The number of carbonyl (C=O) groups is 1. The van der Waals surface area contributed by atoms with Crippen LogP contribution in [0.3, 0.4) is 0 Å². The Labute approximate surface area is 234 Å². The molecule has 1 amide bonds. The van der Waals surface area contributed by atoms with Gasteiger partial charge in [-0.1, -0.05) is 19.9 Å². The maximum atomic E-state index is 14.6. The van der Waals surface area contributed by atoms with E-state index in [0.29, 0.717) is 36.0 Å². The summed E-state index contributed by atoms with van der Waals surface area (Å²) < 4.78 is 48.4. The smallest absolute Gasteiger partial charge is 0.281 e. The molecule has 2 aromatic heterocycles. The number of rotatable bonds is 8. The molecule has 1 aliphatic heterocycles. The highest BCUT2D eigenvalue weighted by molar-refractivity contribution is 7.90. The van der Waals surface area contributed by atoms with Crippen LogP contribution in [0.15, 0.2) is 53.6 Å². The minimum absolute atomic E-state index is 0.0161. The number of amides is 1. The first kappa shape index (κ1) is 27.8. The number of pyridine rings is 2. The molecule has 40 heavy (non-hydrogen) atoms. The molecule has 0 bridgehead atoms. The van der Waals surface area contributed by atoms with Gasteiger partial charge >= 0.3 is 0 Å². The van der Waals surface area contributed by atoms with E-state index in [-0.39, 0.29) is 33.3 Å². The first-order valence-electron chi connectivity index (χ1n) is 13.3. The van der Waals surface area contributed by atoms with E-state index in [9.17, 15) is 17.6 Å². The van der Waals surface area contributed by atoms with Gasteiger partial charge in [0, 0.05) is 23.7 Å². The van der Waals surface area contributed by atoms with Gasteiger partial charge in [-0.3, -0.25) is 4.79 Å². The Morgan fingerprint density at radius 2 is 1.90 bits per heavy atom. The van der Waals surface area contributed by atoms with E-state index >= 15 is 0 Å². The molecular formula is C29H34FN5O4S. The molecule has 1 aromatic carbocycles. The van der Waals surface area contributed by atoms with Crippen molar-refractivity contribution in [1.82, 2.24) is 14.7 Å². The van der Waals surface area contributed by atoms with Gasteiger partial charge < -0.3 is 15.4 Å². The normalized spacial score (nSPS) is 17.3. The highest BCUT2D eigenvalue weighted by Gasteiger charge is 2.56. The van der Waals surface area contributed by atoms with Crippen LogP contribution in [-0.4, -0.2) is 43.0 Å². The highest BCUT2D eigenvalue weighted by atomic mass is 32.2. The molecule has 1 saturated carbocycles. The summed E-state index contributed by atoms with van der Waals surface area (Å²) >= 11 is 0. The van der Waals surface area contributed by atoms with Crippen molar-refractivity contribution in [2.75, 3.05) is 23.8 Å². The van der Waals surface area contributed by atoms with E-state index in [2.05, 4.69) is 28.5 Å². The fraction of sp³-hybridized carbons (Fsp3) is 0.414. The van der Waals surface area contributed by atoms with Gasteiger partial charge in [0.1, 0.15) is 23.2 Å². The molecule has 9 nitrogen and oxygen atoms in total. The molecule has 5 rings (SSSR count). The lowest BCUT2D eigenvalue weighted by Gasteiger charge is -2.34. The van der Waals surface area contributed by atoms with Crippen LogP contribution in [-0.2, 0) is 10.0 Å². The fourth-order valence-electron chi connectivity index (χ4n) is 5.35. The number of halogens is 1. The lowest BCUT2D eigenvalue weighted by Crippen LogP contribution is -2.41. The molecule has 3 aromatic rings. The van der Waals surface area contributed by atoms with Crippen molar-refractivity contribution in [1.29, 1.82) is 0 Å². The second-order valence-corrected chi connectivity index (χ2v) is 13.5. The summed E-state index contributed by atoms with van der Waals surface area (Å²) in [4.78, 5) is 24.2. The van der Waals surface area contributed by atoms with E-state index < -0.39 is 21.7 Å². The van der Waals surface area contributed by atoms with Gasteiger partial charge in [-0.15, -0.1) is 0 Å². The van der Waals surface area contributed by atoms with Crippen molar-refractivity contribution in [2.24, 2.45) is 11.3 Å². The number of sulfonamides is 1. The fourth-order valence-corrected chi connectivity index (χ4v) is 6.29. The maximum Gasteiger partial charge on any atom is 0.281 e. The van der Waals surface area contributed by atoms with E-state index in [1.807, 2.05) is 13.8 Å². The van der Waals surface area contributed by atoms with Crippen molar-refractivity contribution < 1.29 is 22.3 Å². The number of nitrogens with two attached hydrogens (primary N) is 1. The zero-order valence-electron chi connectivity index (χ0n) is 23.1. The standard InChI is InChI=1S/C29H34FN5O4S/c1-18(2)15-39-21-13-19(12-20(30)14-21)23-9-8-22(26(32-23)35-17-29(10-11-29)16-28(35,3)4)27(36)34-40(37,38)25-7-5-6-24(31)33-25/h5-9,12-14,18H,10-11,15-17H2,1-4H3,(H2,31,33)(H,34,36). The SMILES string of the molecule is CC(C)COc1cc(F)cc(-c2ccc(C(=O)NS(=O)(=O)c3cccc(N)n3)c(N3CC4(CC4)CC3(C)C)n2)c1. The molecule has 1 spiro atoms. The number of nitrogens with one attached hydrogen (secondary N) is 1. The van der Waals surface area contributed by atoms with Crippen LogP contribution in [0, 0.1) is 17.2 Å². The molecule has 11 heteroatoms. The monoisotopic (exact) mass is 567 g/mol. The molecule has 3 heterocycles. The average molecular weight is 568 g/mol. The summed E-state index contributed by atoms with van der Waals surface area (Å²) in [6.45, 7) is 9.30. The zero-order chi connectivity index (χ0) is 28.9. The predicted molar refractivity (Wildman–Crippen MR) is 151 cm³/mol. The maximum absolute atomic E-state index is 14.6. The average Bonchev–Trinajstić information content (AvgIpc) is 3.56. The Morgan fingerprint density at radius 3 is 2.55 bits per heavy atom. The number of aromatic nitrogens is 2. The summed E-state index contributed by atoms with van der Waals surface area (Å²) in [6.07, 6.45) is 3.10. The van der Waals surface area contributed by atoms with E-state index in [1.165, 1.54) is 36.4 Å². The van der Waals surface area contributed by atoms with Crippen molar-refractivity contribution in [3.05, 3.63) is 59.9 Å². The summed E-state index contributed by atoms with van der Waals surface area (Å²) in [5.41, 5.74) is 6.49. The van der Waals surface area contributed by atoms with E-state index in [4.69, 9.17) is 15.5 Å². The van der Waals surface area contributed by atoms with Crippen LogP contribution < -0.4 is 20.1 Å². The second-order valence-electron chi connectivity index (χ2n) is 11.9. The molecule has 2 aliphatic rings. The third-order valence-electron chi connectivity index (χ3n) is 7.36. The number of carbonyl (C=O) groups excluding carboxylic acids is 1. The van der Waals surface area contributed by atoms with Crippen molar-refractivity contribution in [3.63, 3.8) is 0 Å². The molecule has 3 N–H and O–H groups in total. The summed E-state index contributed by atoms with van der Waals surface area (Å²) in [6, 6.07) is 11.7. The first-order chi connectivity index (χ1) is 18.8. The third kappa shape index (κ3) is 5.74. The van der Waals surface area contributed by atoms with Crippen LogP contribution in [0.25, 0.3) is 11.3 Å². The summed E-state index contributed by atoms with van der Waals surface area (Å²) in [7, 11) is -4.30. The van der Waals surface area contributed by atoms with Crippen molar-refractivity contribution >= 4 is 27.6 Å². The third-order valence-corrected chi connectivity index (χ3v) is 8.59. The summed E-state index contributed by atoms with van der Waals surface area (Å²) in [5.74, 6) is -0.310. The first-order valence-corrected chi connectivity index (χ1v) is 14.8. The lowest BCUT2D eigenvalue weighted by atomic mass is 9.94. The largest absolute Gasteiger partial charge is 0.493 e. The number of benzene rings is 1. The van der Waals surface area contributed by atoms with Crippen LogP contribution in [0.2, 0.25) is 0 Å². The number of hydrogen-bond donors (Lipinski definition) is 2. The number of anilines is 2. The molecule has 0 unspecified atom stereocenters. The zero-order valence-corrected chi connectivity index (χ0v) is 23.9. The molecule has 1 saturated heterocycles. The Bertz CT molecular complexity index is 1570. The number of hydrogen-bond acceptors (Lipinski definition) is 8. The topological polar surface area (TPSA) is 128 Å². The quantitative estimate of drug-likeness (QED) is 0.398. The van der Waals surface area contributed by atoms with Gasteiger partial charge in [0.2, 0.25) is 0 Å². The number of nitrogens with zero attached hydrogens (tertiary/aromatic N) is 3. The molecule has 0 atom stereocenters. The molecule has 212 valence electrons. The van der Waals surface area contributed by atoms with Crippen molar-refractivity contribution in [2.45, 2.75) is 57.5 Å². The minimum Gasteiger partial charge on any atom is -0.493 e. The van der Waals surface area contributed by atoms with Crippen molar-refractivity contribution in [3.8, 4) is 17.0 Å². The summed E-state index contributed by atoms with van der Waals surface area (Å²) in [5, 5.41) is -0.362. The van der Waals surface area contributed by atoms with Gasteiger partial charge in [0.25, 0.3) is 15.9 Å². The Hall–Kier alpha value is -3.73. The Kier molecular flexibility index (Phi) is 6.98. The second kappa shape index (κ2) is 10.0.